The monoisotopic (exact) mass is 637 g/mol. The minimum atomic E-state index is 0.640. The van der Waals surface area contributed by atoms with E-state index in [2.05, 4.69) is 127 Å². The maximum absolute atomic E-state index is 5.02. The molecule has 0 saturated carbocycles. The Morgan fingerprint density at radius 3 is 1.20 bits per heavy atom. The minimum absolute atomic E-state index is 0.640. The molecule has 9 aromatic rings. The fourth-order valence-electron chi connectivity index (χ4n) is 7.05. The fourth-order valence-corrected chi connectivity index (χ4v) is 7.05. The van der Waals surface area contributed by atoms with Crippen LogP contribution in [-0.4, -0.2) is 15.0 Å². The van der Waals surface area contributed by atoms with Crippen molar-refractivity contribution < 1.29 is 0 Å². The van der Waals surface area contributed by atoms with E-state index in [1.165, 1.54) is 43.8 Å². The highest BCUT2D eigenvalue weighted by Gasteiger charge is 2.20. The quantitative estimate of drug-likeness (QED) is 0.170. The molecule has 0 aliphatic rings. The predicted molar refractivity (Wildman–Crippen MR) is 207 cm³/mol. The van der Waals surface area contributed by atoms with Crippen molar-refractivity contribution in [3.05, 3.63) is 188 Å². The highest BCUT2D eigenvalue weighted by molar-refractivity contribution is 6.25. The van der Waals surface area contributed by atoms with Gasteiger partial charge in [0.25, 0.3) is 0 Å². The van der Waals surface area contributed by atoms with E-state index in [0.29, 0.717) is 17.5 Å². The van der Waals surface area contributed by atoms with Crippen LogP contribution in [0.5, 0.6) is 0 Å². The van der Waals surface area contributed by atoms with Crippen LogP contribution in [0.15, 0.2) is 188 Å². The van der Waals surface area contributed by atoms with Crippen molar-refractivity contribution in [3.63, 3.8) is 0 Å². The summed E-state index contributed by atoms with van der Waals surface area (Å²) in [6, 6.07) is 65.9. The summed E-state index contributed by atoms with van der Waals surface area (Å²) in [4.78, 5) is 15.0. The number of nitrogens with zero attached hydrogens (tertiary/aromatic N) is 3. The van der Waals surface area contributed by atoms with Crippen molar-refractivity contribution in [2.75, 3.05) is 0 Å². The van der Waals surface area contributed by atoms with Crippen LogP contribution < -0.4 is 0 Å². The Kier molecular flexibility index (Phi) is 7.49. The van der Waals surface area contributed by atoms with Crippen LogP contribution in [0.1, 0.15) is 0 Å². The molecule has 3 heteroatoms. The van der Waals surface area contributed by atoms with E-state index in [0.717, 1.165) is 27.8 Å². The minimum Gasteiger partial charge on any atom is -0.208 e. The first-order valence-corrected chi connectivity index (χ1v) is 16.9. The number of hydrogen-bond donors (Lipinski definition) is 0. The molecule has 8 aromatic carbocycles. The lowest BCUT2D eigenvalue weighted by Gasteiger charge is -2.20. The smallest absolute Gasteiger partial charge is 0.164 e. The van der Waals surface area contributed by atoms with Crippen molar-refractivity contribution in [1.29, 1.82) is 0 Å². The summed E-state index contributed by atoms with van der Waals surface area (Å²) >= 11 is 0. The first kappa shape index (κ1) is 29.4. The second kappa shape index (κ2) is 12.7. The summed E-state index contributed by atoms with van der Waals surface area (Å²) in [6.45, 7) is 0. The van der Waals surface area contributed by atoms with E-state index < -0.39 is 0 Å². The Hall–Kier alpha value is -6.71. The van der Waals surface area contributed by atoms with Crippen molar-refractivity contribution in [2.45, 2.75) is 0 Å². The number of fused-ring (bicyclic) bond motifs is 3. The van der Waals surface area contributed by atoms with Crippen molar-refractivity contribution in [2.24, 2.45) is 0 Å². The van der Waals surface area contributed by atoms with Crippen LogP contribution in [-0.2, 0) is 0 Å². The SMILES string of the molecule is c1ccc(-c2nc(-c3ccccc3)nc(-c3cccc(-c4cccc5c(-c6ccccc6)c(-c6ccccc6)c6ccccc6c45)c3)n2)cc1. The summed E-state index contributed by atoms with van der Waals surface area (Å²) in [5.41, 5.74) is 9.99. The van der Waals surface area contributed by atoms with Crippen LogP contribution in [0.2, 0.25) is 0 Å². The topological polar surface area (TPSA) is 38.7 Å². The fraction of sp³-hybridized carbons (Fsp3) is 0. The molecule has 3 nitrogen and oxygen atoms in total. The lowest BCUT2D eigenvalue weighted by molar-refractivity contribution is 1.07. The first-order chi connectivity index (χ1) is 24.8. The van der Waals surface area contributed by atoms with Gasteiger partial charge in [0.15, 0.2) is 17.5 Å². The van der Waals surface area contributed by atoms with E-state index >= 15 is 0 Å². The standard InChI is InChI=1S/C47H31N3/c1-5-17-32(18-6-1)42-39-27-13-14-28-40(39)44-38(29-16-30-41(44)43(42)33-19-7-2-8-20-33)36-25-15-26-37(31-36)47-49-45(34-21-9-3-10-22-34)48-46(50-47)35-23-11-4-12-24-35/h1-31H. The van der Waals surface area contributed by atoms with Gasteiger partial charge in [-0.05, 0) is 61.0 Å². The Morgan fingerprint density at radius 1 is 0.260 bits per heavy atom. The van der Waals surface area contributed by atoms with Gasteiger partial charge in [-0.2, -0.15) is 0 Å². The zero-order valence-electron chi connectivity index (χ0n) is 27.2. The van der Waals surface area contributed by atoms with E-state index in [-0.39, 0.29) is 0 Å². The Bertz CT molecular complexity index is 2560. The Labute approximate surface area is 291 Å². The normalized spacial score (nSPS) is 11.2. The highest BCUT2D eigenvalue weighted by Crippen LogP contribution is 2.47. The van der Waals surface area contributed by atoms with Gasteiger partial charge in [-0.1, -0.05) is 182 Å². The van der Waals surface area contributed by atoms with Gasteiger partial charge in [0.1, 0.15) is 0 Å². The highest BCUT2D eigenvalue weighted by atomic mass is 15.0. The maximum Gasteiger partial charge on any atom is 0.164 e. The third-order valence-electron chi connectivity index (χ3n) is 9.31. The van der Waals surface area contributed by atoms with Gasteiger partial charge in [-0.3, -0.25) is 0 Å². The van der Waals surface area contributed by atoms with Gasteiger partial charge in [0.05, 0.1) is 0 Å². The molecule has 50 heavy (non-hydrogen) atoms. The van der Waals surface area contributed by atoms with Gasteiger partial charge in [-0.15, -0.1) is 0 Å². The van der Waals surface area contributed by atoms with Gasteiger partial charge < -0.3 is 0 Å². The summed E-state index contributed by atoms with van der Waals surface area (Å²) in [7, 11) is 0. The van der Waals surface area contributed by atoms with Gasteiger partial charge in [-0.25, -0.2) is 15.0 Å². The summed E-state index contributed by atoms with van der Waals surface area (Å²) in [5.74, 6) is 1.94. The second-order valence-corrected chi connectivity index (χ2v) is 12.4. The summed E-state index contributed by atoms with van der Waals surface area (Å²) in [5, 5.41) is 4.89. The van der Waals surface area contributed by atoms with Crippen molar-refractivity contribution >= 4 is 21.5 Å². The van der Waals surface area contributed by atoms with Crippen molar-refractivity contribution in [3.8, 4) is 67.5 Å². The van der Waals surface area contributed by atoms with E-state index in [1.807, 2.05) is 60.7 Å². The molecule has 0 radical (unpaired) electrons. The zero-order valence-corrected chi connectivity index (χ0v) is 27.2. The molecule has 0 fully saturated rings. The predicted octanol–water partition coefficient (Wildman–Crippen LogP) is 12.2. The van der Waals surface area contributed by atoms with Crippen LogP contribution in [0.25, 0.3) is 89.1 Å². The molecular formula is C47H31N3. The maximum atomic E-state index is 5.02. The number of aromatic nitrogens is 3. The molecule has 234 valence electrons. The molecule has 9 rings (SSSR count). The molecule has 0 bridgehead atoms. The first-order valence-electron chi connectivity index (χ1n) is 16.9. The lowest BCUT2D eigenvalue weighted by Crippen LogP contribution is -2.00. The molecule has 0 N–H and O–H groups in total. The van der Waals surface area contributed by atoms with Gasteiger partial charge >= 0.3 is 0 Å². The largest absolute Gasteiger partial charge is 0.208 e. The number of rotatable bonds is 6. The molecule has 0 aliphatic carbocycles. The van der Waals surface area contributed by atoms with Crippen LogP contribution in [0.4, 0.5) is 0 Å². The molecule has 0 spiro atoms. The number of hydrogen-bond acceptors (Lipinski definition) is 3. The van der Waals surface area contributed by atoms with Gasteiger partial charge in [0, 0.05) is 16.7 Å². The molecule has 1 aromatic heterocycles. The summed E-state index contributed by atoms with van der Waals surface area (Å²) in [6.07, 6.45) is 0. The van der Waals surface area contributed by atoms with E-state index in [1.54, 1.807) is 0 Å². The summed E-state index contributed by atoms with van der Waals surface area (Å²) < 4.78 is 0. The van der Waals surface area contributed by atoms with Gasteiger partial charge in [0.2, 0.25) is 0 Å². The third-order valence-corrected chi connectivity index (χ3v) is 9.31. The average Bonchev–Trinajstić information content (AvgIpc) is 3.21. The van der Waals surface area contributed by atoms with Crippen molar-refractivity contribution in [1.82, 2.24) is 15.0 Å². The van der Waals surface area contributed by atoms with Crippen LogP contribution in [0, 0.1) is 0 Å². The van der Waals surface area contributed by atoms with Crippen LogP contribution >= 0.6 is 0 Å². The van der Waals surface area contributed by atoms with E-state index in [9.17, 15) is 0 Å². The average molecular weight is 638 g/mol. The molecular weight excluding hydrogens is 607 g/mol. The lowest BCUT2D eigenvalue weighted by atomic mass is 9.83. The number of benzene rings is 8. The molecule has 0 unspecified atom stereocenters. The molecule has 0 saturated heterocycles. The Morgan fingerprint density at radius 2 is 0.640 bits per heavy atom. The third kappa shape index (κ3) is 5.32. The molecule has 0 atom stereocenters. The second-order valence-electron chi connectivity index (χ2n) is 12.4. The van der Waals surface area contributed by atoms with E-state index in [4.69, 9.17) is 15.0 Å². The molecule has 1 heterocycles. The van der Waals surface area contributed by atoms with Crippen LogP contribution in [0.3, 0.4) is 0 Å². The Balaban J connectivity index is 1.29. The zero-order chi connectivity index (χ0) is 33.3. The molecule has 0 aliphatic heterocycles. The molecule has 0 amide bonds.